The average molecular weight is 228 g/mol. The zero-order chi connectivity index (χ0) is 11.5. The topological polar surface area (TPSA) is 13.7 Å². The van der Waals surface area contributed by atoms with Crippen LogP contribution in [0.15, 0.2) is 42.5 Å². The van der Waals surface area contributed by atoms with Crippen molar-refractivity contribution in [3.05, 3.63) is 48.0 Å². The first-order chi connectivity index (χ1) is 8.43. The quantitative estimate of drug-likeness (QED) is 0.817. The third kappa shape index (κ3) is 2.33. The molecular weight excluding hydrogens is 210 g/mol. The fraction of sp³-hybridized carbons (Fsp3) is 0.333. The number of hydrogen-bond donors (Lipinski definition) is 1. The molecule has 1 aliphatic rings. The SMILES string of the molecule is c1ccc2c(C[NH+]3CCOCC3)cccc2c1. The molecule has 17 heavy (non-hydrogen) atoms. The van der Waals surface area contributed by atoms with Gasteiger partial charge in [-0.15, -0.1) is 0 Å². The van der Waals surface area contributed by atoms with E-state index in [1.165, 1.54) is 16.3 Å². The van der Waals surface area contributed by atoms with Crippen LogP contribution in [0.3, 0.4) is 0 Å². The molecule has 2 aromatic carbocycles. The number of rotatable bonds is 2. The molecule has 0 amide bonds. The van der Waals surface area contributed by atoms with Gasteiger partial charge in [0.1, 0.15) is 19.6 Å². The highest BCUT2D eigenvalue weighted by atomic mass is 16.5. The smallest absolute Gasteiger partial charge is 0.104 e. The van der Waals surface area contributed by atoms with Crippen molar-refractivity contribution in [1.29, 1.82) is 0 Å². The number of hydrogen-bond acceptors (Lipinski definition) is 1. The number of morpholine rings is 1. The first-order valence-corrected chi connectivity index (χ1v) is 6.31. The Morgan fingerprint density at radius 3 is 2.59 bits per heavy atom. The van der Waals surface area contributed by atoms with Crippen molar-refractivity contribution in [1.82, 2.24) is 0 Å². The predicted molar refractivity (Wildman–Crippen MR) is 69.2 cm³/mol. The highest BCUT2D eigenvalue weighted by Gasteiger charge is 2.15. The van der Waals surface area contributed by atoms with E-state index >= 15 is 0 Å². The molecule has 3 rings (SSSR count). The van der Waals surface area contributed by atoms with Crippen LogP contribution < -0.4 is 4.90 Å². The first kappa shape index (κ1) is 10.8. The van der Waals surface area contributed by atoms with E-state index in [1.54, 1.807) is 4.90 Å². The van der Waals surface area contributed by atoms with E-state index in [-0.39, 0.29) is 0 Å². The summed E-state index contributed by atoms with van der Waals surface area (Å²) in [5.74, 6) is 0. The molecule has 0 atom stereocenters. The lowest BCUT2D eigenvalue weighted by Crippen LogP contribution is -3.12. The maximum Gasteiger partial charge on any atom is 0.104 e. The Morgan fingerprint density at radius 1 is 0.941 bits per heavy atom. The lowest BCUT2D eigenvalue weighted by Gasteiger charge is -2.24. The fourth-order valence-corrected chi connectivity index (χ4v) is 2.55. The Bertz CT molecular complexity index is 498. The van der Waals surface area contributed by atoms with Gasteiger partial charge in [0.25, 0.3) is 0 Å². The van der Waals surface area contributed by atoms with Crippen molar-refractivity contribution in [3.63, 3.8) is 0 Å². The van der Waals surface area contributed by atoms with Gasteiger partial charge in [0, 0.05) is 5.56 Å². The molecule has 1 N–H and O–H groups in total. The second-order valence-electron chi connectivity index (χ2n) is 4.68. The van der Waals surface area contributed by atoms with Crippen LogP contribution in [-0.4, -0.2) is 26.3 Å². The zero-order valence-corrected chi connectivity index (χ0v) is 9.99. The summed E-state index contributed by atoms with van der Waals surface area (Å²) in [4.78, 5) is 1.63. The molecule has 0 aliphatic carbocycles. The molecule has 2 nitrogen and oxygen atoms in total. The fourth-order valence-electron chi connectivity index (χ4n) is 2.55. The monoisotopic (exact) mass is 228 g/mol. The second-order valence-corrected chi connectivity index (χ2v) is 4.68. The summed E-state index contributed by atoms with van der Waals surface area (Å²) >= 11 is 0. The highest BCUT2D eigenvalue weighted by molar-refractivity contribution is 5.85. The molecule has 1 saturated heterocycles. The lowest BCUT2D eigenvalue weighted by molar-refractivity contribution is -0.921. The van der Waals surface area contributed by atoms with E-state index in [0.717, 1.165) is 32.8 Å². The van der Waals surface area contributed by atoms with Crippen molar-refractivity contribution in [2.24, 2.45) is 0 Å². The Morgan fingerprint density at radius 2 is 1.71 bits per heavy atom. The minimum Gasteiger partial charge on any atom is -0.370 e. The van der Waals surface area contributed by atoms with Crippen LogP contribution in [0.4, 0.5) is 0 Å². The summed E-state index contributed by atoms with van der Waals surface area (Å²) in [6.07, 6.45) is 0. The molecule has 0 bridgehead atoms. The van der Waals surface area contributed by atoms with Gasteiger partial charge in [-0.25, -0.2) is 0 Å². The molecule has 2 aromatic rings. The second kappa shape index (κ2) is 4.86. The van der Waals surface area contributed by atoms with Crippen LogP contribution in [-0.2, 0) is 11.3 Å². The molecule has 1 aliphatic heterocycles. The van der Waals surface area contributed by atoms with Gasteiger partial charge in [-0.1, -0.05) is 42.5 Å². The van der Waals surface area contributed by atoms with E-state index in [2.05, 4.69) is 42.5 Å². The Balaban J connectivity index is 1.89. The van der Waals surface area contributed by atoms with Gasteiger partial charge in [0.15, 0.2) is 0 Å². The summed E-state index contributed by atoms with van der Waals surface area (Å²) in [5, 5.41) is 2.74. The normalized spacial score (nSPS) is 17.4. The minimum absolute atomic E-state index is 0.903. The van der Waals surface area contributed by atoms with Crippen molar-refractivity contribution in [3.8, 4) is 0 Å². The summed E-state index contributed by atoms with van der Waals surface area (Å²) in [6.45, 7) is 5.18. The Hall–Kier alpha value is -1.38. The van der Waals surface area contributed by atoms with Crippen LogP contribution in [0.25, 0.3) is 10.8 Å². The molecule has 0 radical (unpaired) electrons. The summed E-state index contributed by atoms with van der Waals surface area (Å²) in [6, 6.07) is 15.3. The predicted octanol–water partition coefficient (Wildman–Crippen LogP) is 1.25. The van der Waals surface area contributed by atoms with E-state index in [9.17, 15) is 0 Å². The van der Waals surface area contributed by atoms with Crippen molar-refractivity contribution >= 4 is 10.8 Å². The highest BCUT2D eigenvalue weighted by Crippen LogP contribution is 2.17. The van der Waals surface area contributed by atoms with Crippen molar-refractivity contribution in [2.45, 2.75) is 6.54 Å². The molecule has 0 saturated carbocycles. The molecule has 88 valence electrons. The zero-order valence-electron chi connectivity index (χ0n) is 9.99. The maximum absolute atomic E-state index is 5.40. The van der Waals surface area contributed by atoms with Crippen LogP contribution in [0.5, 0.6) is 0 Å². The van der Waals surface area contributed by atoms with Crippen molar-refractivity contribution < 1.29 is 9.64 Å². The molecule has 2 heteroatoms. The van der Waals surface area contributed by atoms with E-state index in [0.29, 0.717) is 0 Å². The molecular formula is C15H18NO+. The number of fused-ring (bicyclic) bond motifs is 1. The summed E-state index contributed by atoms with van der Waals surface area (Å²) in [7, 11) is 0. The first-order valence-electron chi connectivity index (χ1n) is 6.31. The van der Waals surface area contributed by atoms with Gasteiger partial charge < -0.3 is 9.64 Å². The molecule has 0 spiro atoms. The van der Waals surface area contributed by atoms with Crippen LogP contribution in [0, 0.1) is 0 Å². The number of ether oxygens (including phenoxy) is 1. The van der Waals surface area contributed by atoms with Gasteiger partial charge in [-0.05, 0) is 10.8 Å². The van der Waals surface area contributed by atoms with Gasteiger partial charge in [-0.3, -0.25) is 0 Å². The largest absolute Gasteiger partial charge is 0.370 e. The van der Waals surface area contributed by atoms with Gasteiger partial charge in [0.05, 0.1) is 13.2 Å². The maximum atomic E-state index is 5.40. The third-order valence-corrected chi connectivity index (χ3v) is 3.52. The third-order valence-electron chi connectivity index (χ3n) is 3.52. The number of benzene rings is 2. The van der Waals surface area contributed by atoms with Gasteiger partial charge in [-0.2, -0.15) is 0 Å². The lowest BCUT2D eigenvalue weighted by atomic mass is 10.0. The van der Waals surface area contributed by atoms with E-state index in [4.69, 9.17) is 4.74 Å². The molecule has 0 aromatic heterocycles. The average Bonchev–Trinajstić information content (AvgIpc) is 2.40. The number of nitrogens with one attached hydrogen (secondary N) is 1. The van der Waals surface area contributed by atoms with E-state index < -0.39 is 0 Å². The standard InChI is InChI=1S/C15H17NO/c1-2-7-15-13(4-1)5-3-6-14(15)12-16-8-10-17-11-9-16/h1-7H,8-12H2/p+1. The molecule has 1 heterocycles. The van der Waals surface area contributed by atoms with Crippen LogP contribution >= 0.6 is 0 Å². The minimum atomic E-state index is 0.903. The molecule has 1 fully saturated rings. The van der Waals surface area contributed by atoms with Crippen LogP contribution in [0.2, 0.25) is 0 Å². The van der Waals surface area contributed by atoms with Gasteiger partial charge >= 0.3 is 0 Å². The van der Waals surface area contributed by atoms with Gasteiger partial charge in [0.2, 0.25) is 0 Å². The van der Waals surface area contributed by atoms with Crippen LogP contribution in [0.1, 0.15) is 5.56 Å². The molecule has 0 unspecified atom stereocenters. The Kier molecular flexibility index (Phi) is 3.08. The van der Waals surface area contributed by atoms with E-state index in [1.807, 2.05) is 0 Å². The summed E-state index contributed by atoms with van der Waals surface area (Å²) in [5.41, 5.74) is 1.46. The van der Waals surface area contributed by atoms with Crippen molar-refractivity contribution in [2.75, 3.05) is 26.3 Å². The number of quaternary nitrogens is 1. The Labute approximate surface area is 102 Å². The summed E-state index contributed by atoms with van der Waals surface area (Å²) < 4.78 is 5.40.